The molecule has 0 saturated heterocycles. The van der Waals surface area contributed by atoms with Gasteiger partial charge in [-0.25, -0.2) is 4.79 Å². The van der Waals surface area contributed by atoms with E-state index in [1.165, 1.54) is 24.5 Å². The number of carbonyl (C=O) groups is 2. The number of nitrogens with one attached hydrogen (secondary N) is 1. The van der Waals surface area contributed by atoms with Crippen LogP contribution in [-0.2, 0) is 22.4 Å². The van der Waals surface area contributed by atoms with Crippen molar-refractivity contribution in [2.24, 2.45) is 5.92 Å². The molecule has 1 aliphatic rings. The highest BCUT2D eigenvalue weighted by Gasteiger charge is 2.28. The summed E-state index contributed by atoms with van der Waals surface area (Å²) in [5.41, 5.74) is 2.29. The molecule has 3 rings (SSSR count). The van der Waals surface area contributed by atoms with Gasteiger partial charge in [0.05, 0.1) is 19.8 Å². The van der Waals surface area contributed by atoms with E-state index in [4.69, 9.17) is 9.47 Å². The molecule has 28 heavy (non-hydrogen) atoms. The molecule has 1 heterocycles. The van der Waals surface area contributed by atoms with Crippen molar-refractivity contribution in [1.82, 2.24) is 0 Å². The molecule has 148 valence electrons. The van der Waals surface area contributed by atoms with Crippen molar-refractivity contribution in [2.45, 2.75) is 26.2 Å². The van der Waals surface area contributed by atoms with Crippen LogP contribution in [0, 0.1) is 5.92 Å². The number of hydrogen-bond donors (Lipinski definition) is 1. The van der Waals surface area contributed by atoms with Crippen LogP contribution in [0.15, 0.2) is 28.7 Å². The zero-order chi connectivity index (χ0) is 20.3. The number of hydrogen-bond acceptors (Lipinski definition) is 5. The van der Waals surface area contributed by atoms with Crippen LogP contribution in [0.1, 0.15) is 39.7 Å². The van der Waals surface area contributed by atoms with Gasteiger partial charge in [-0.1, -0.05) is 22.9 Å². The standard InChI is InChI=1S/C21H22BrNO4S/c1-12-4-7-15-17(10-12)28-20(19(15)21(25)27-3)23-18(24)9-5-13-11-14(22)6-8-16(13)26-2/h5-6,8-9,11-12H,4,7,10H2,1-3H3,(H,23,24)/b9-5+. The van der Waals surface area contributed by atoms with Crippen LogP contribution in [0.2, 0.25) is 0 Å². The molecule has 1 N–H and O–H groups in total. The summed E-state index contributed by atoms with van der Waals surface area (Å²) in [5, 5.41) is 3.42. The zero-order valence-electron chi connectivity index (χ0n) is 16.0. The Morgan fingerprint density at radius 3 is 2.82 bits per heavy atom. The molecule has 1 amide bonds. The van der Waals surface area contributed by atoms with Crippen LogP contribution in [0.4, 0.5) is 5.00 Å². The molecule has 0 bridgehead atoms. The molecule has 0 radical (unpaired) electrons. The quantitative estimate of drug-likeness (QED) is 0.495. The highest BCUT2D eigenvalue weighted by molar-refractivity contribution is 9.10. The molecule has 1 unspecified atom stereocenters. The summed E-state index contributed by atoms with van der Waals surface area (Å²) < 4.78 is 11.2. The lowest BCUT2D eigenvalue weighted by Crippen LogP contribution is -2.14. The molecule has 0 aliphatic heterocycles. The van der Waals surface area contributed by atoms with Gasteiger partial charge in [0.1, 0.15) is 10.8 Å². The van der Waals surface area contributed by atoms with Crippen molar-refractivity contribution in [3.8, 4) is 5.75 Å². The number of amides is 1. The fourth-order valence-electron chi connectivity index (χ4n) is 3.31. The van der Waals surface area contributed by atoms with E-state index in [9.17, 15) is 9.59 Å². The van der Waals surface area contributed by atoms with E-state index >= 15 is 0 Å². The summed E-state index contributed by atoms with van der Waals surface area (Å²) in [6.07, 6.45) is 5.91. The number of ether oxygens (including phenoxy) is 2. The highest BCUT2D eigenvalue weighted by atomic mass is 79.9. The molecule has 1 aromatic heterocycles. The zero-order valence-corrected chi connectivity index (χ0v) is 18.4. The van der Waals surface area contributed by atoms with Crippen molar-refractivity contribution in [3.63, 3.8) is 0 Å². The Balaban J connectivity index is 1.84. The molecule has 0 spiro atoms. The molecule has 2 aromatic rings. The number of esters is 1. The van der Waals surface area contributed by atoms with Gasteiger partial charge in [0.2, 0.25) is 5.91 Å². The Kier molecular flexibility index (Phi) is 6.57. The molecular formula is C21H22BrNO4S. The molecule has 7 heteroatoms. The number of halogens is 1. The monoisotopic (exact) mass is 463 g/mol. The maximum Gasteiger partial charge on any atom is 0.341 e. The minimum absolute atomic E-state index is 0.307. The molecule has 1 aromatic carbocycles. The summed E-state index contributed by atoms with van der Waals surface area (Å²) in [6, 6.07) is 5.56. The third-order valence-electron chi connectivity index (χ3n) is 4.74. The normalized spacial score (nSPS) is 15.9. The van der Waals surface area contributed by atoms with E-state index < -0.39 is 5.97 Å². The molecule has 1 atom stereocenters. The summed E-state index contributed by atoms with van der Waals surface area (Å²) >= 11 is 4.89. The Labute approximate surface area is 176 Å². The van der Waals surface area contributed by atoms with E-state index in [0.717, 1.165) is 39.7 Å². The topological polar surface area (TPSA) is 64.6 Å². The van der Waals surface area contributed by atoms with Crippen LogP contribution in [0.25, 0.3) is 6.08 Å². The number of fused-ring (bicyclic) bond motifs is 1. The van der Waals surface area contributed by atoms with Gasteiger partial charge >= 0.3 is 5.97 Å². The van der Waals surface area contributed by atoms with Gasteiger partial charge in [0.25, 0.3) is 0 Å². The third kappa shape index (κ3) is 4.47. The fourth-order valence-corrected chi connectivity index (χ4v) is 5.09. The summed E-state index contributed by atoms with van der Waals surface area (Å²) in [7, 11) is 2.95. The first kappa shape index (κ1) is 20.6. The maximum atomic E-state index is 12.5. The van der Waals surface area contributed by atoms with Crippen molar-refractivity contribution >= 4 is 50.2 Å². The van der Waals surface area contributed by atoms with Crippen molar-refractivity contribution in [3.05, 3.63) is 50.3 Å². The first-order valence-corrected chi connectivity index (χ1v) is 10.6. The smallest absolute Gasteiger partial charge is 0.341 e. The second-order valence-corrected chi connectivity index (χ2v) is 8.78. The summed E-state index contributed by atoms with van der Waals surface area (Å²) in [5.74, 6) is 0.533. The molecular weight excluding hydrogens is 442 g/mol. The van der Waals surface area contributed by atoms with Gasteiger partial charge in [-0.15, -0.1) is 11.3 Å². The van der Waals surface area contributed by atoms with Crippen LogP contribution >= 0.6 is 27.3 Å². The molecule has 5 nitrogen and oxygen atoms in total. The second-order valence-electron chi connectivity index (χ2n) is 6.76. The first-order valence-electron chi connectivity index (χ1n) is 8.98. The predicted octanol–water partition coefficient (Wildman–Crippen LogP) is 5.08. The van der Waals surface area contributed by atoms with Crippen LogP contribution in [-0.4, -0.2) is 26.1 Å². The van der Waals surface area contributed by atoms with E-state index in [2.05, 4.69) is 28.2 Å². The maximum absolute atomic E-state index is 12.5. The number of anilines is 1. The van der Waals surface area contributed by atoms with Crippen molar-refractivity contribution in [2.75, 3.05) is 19.5 Å². The van der Waals surface area contributed by atoms with E-state index in [1.54, 1.807) is 13.2 Å². The lowest BCUT2D eigenvalue weighted by molar-refractivity contribution is -0.111. The van der Waals surface area contributed by atoms with Crippen molar-refractivity contribution < 1.29 is 19.1 Å². The van der Waals surface area contributed by atoms with Gasteiger partial charge < -0.3 is 14.8 Å². The van der Waals surface area contributed by atoms with Crippen LogP contribution < -0.4 is 10.1 Å². The summed E-state index contributed by atoms with van der Waals surface area (Å²) in [6.45, 7) is 2.20. The number of rotatable bonds is 5. The predicted molar refractivity (Wildman–Crippen MR) is 115 cm³/mol. The van der Waals surface area contributed by atoms with E-state index in [-0.39, 0.29) is 5.91 Å². The average Bonchev–Trinajstić information content (AvgIpc) is 3.02. The van der Waals surface area contributed by atoms with E-state index in [0.29, 0.717) is 22.2 Å². The lowest BCUT2D eigenvalue weighted by atomic mass is 9.88. The molecule has 0 saturated carbocycles. The number of thiophene rings is 1. The third-order valence-corrected chi connectivity index (χ3v) is 6.41. The van der Waals surface area contributed by atoms with Gasteiger partial charge in [-0.05, 0) is 55.0 Å². The van der Waals surface area contributed by atoms with Crippen LogP contribution in [0.5, 0.6) is 5.75 Å². The number of benzene rings is 1. The van der Waals surface area contributed by atoms with E-state index in [1.807, 2.05) is 18.2 Å². The van der Waals surface area contributed by atoms with Gasteiger partial charge in [0, 0.05) is 21.0 Å². The second kappa shape index (κ2) is 8.92. The fraction of sp³-hybridized carbons (Fsp3) is 0.333. The molecule has 1 aliphatic carbocycles. The van der Waals surface area contributed by atoms with Gasteiger partial charge in [0.15, 0.2) is 0 Å². The van der Waals surface area contributed by atoms with Gasteiger partial charge in [-0.3, -0.25) is 4.79 Å². The lowest BCUT2D eigenvalue weighted by Gasteiger charge is -2.18. The minimum atomic E-state index is -0.403. The summed E-state index contributed by atoms with van der Waals surface area (Å²) in [4.78, 5) is 26.0. The largest absolute Gasteiger partial charge is 0.496 e. The Hall–Kier alpha value is -2.12. The minimum Gasteiger partial charge on any atom is -0.496 e. The Morgan fingerprint density at radius 1 is 1.32 bits per heavy atom. The Bertz CT molecular complexity index is 935. The van der Waals surface area contributed by atoms with Gasteiger partial charge in [-0.2, -0.15) is 0 Å². The van der Waals surface area contributed by atoms with Crippen LogP contribution in [0.3, 0.4) is 0 Å². The Morgan fingerprint density at radius 2 is 2.11 bits per heavy atom. The van der Waals surface area contributed by atoms with Crippen molar-refractivity contribution in [1.29, 1.82) is 0 Å². The first-order chi connectivity index (χ1) is 13.4. The SMILES string of the molecule is COC(=O)c1c(NC(=O)/C=C/c2cc(Br)ccc2OC)sc2c1CCC(C)C2. The number of methoxy groups -OCH3 is 2. The highest BCUT2D eigenvalue weighted by Crippen LogP contribution is 2.40. The molecule has 0 fully saturated rings. The average molecular weight is 464 g/mol. The number of carbonyl (C=O) groups excluding carboxylic acids is 2.